The van der Waals surface area contributed by atoms with Crippen LogP contribution in [-0.2, 0) is 0 Å². The van der Waals surface area contributed by atoms with E-state index in [1.54, 1.807) is 18.2 Å². The van der Waals surface area contributed by atoms with Gasteiger partial charge >= 0.3 is 5.97 Å². The zero-order valence-corrected chi connectivity index (χ0v) is 10.4. The van der Waals surface area contributed by atoms with Gasteiger partial charge in [-0.1, -0.05) is 0 Å². The van der Waals surface area contributed by atoms with E-state index in [1.807, 2.05) is 0 Å². The number of rotatable bonds is 3. The molecule has 2 rings (SSSR count). The Bertz CT molecular complexity index is 442. The summed E-state index contributed by atoms with van der Waals surface area (Å²) in [5.74, 6) is -1.01. The van der Waals surface area contributed by atoms with Crippen LogP contribution in [0.25, 0.3) is 0 Å². The van der Waals surface area contributed by atoms with Crippen LogP contribution in [0.4, 0.5) is 11.4 Å². The molecule has 0 aromatic heterocycles. The van der Waals surface area contributed by atoms with Gasteiger partial charge in [0.05, 0.1) is 5.56 Å². The van der Waals surface area contributed by atoms with Gasteiger partial charge in [-0.3, -0.25) is 0 Å². The number of hydrogen-bond donors (Lipinski definition) is 3. The van der Waals surface area contributed by atoms with Crippen LogP contribution in [0.15, 0.2) is 18.2 Å². The third-order valence-corrected chi connectivity index (χ3v) is 3.07. The average molecular weight is 250 g/mol. The van der Waals surface area contributed by atoms with Gasteiger partial charge in [0.1, 0.15) is 0 Å². The SMILES string of the molecule is CN1CCN(Nc2ccc(N)c(C(=O)O)c2)CC1. The second kappa shape index (κ2) is 5.24. The highest BCUT2D eigenvalue weighted by atomic mass is 16.4. The first-order chi connectivity index (χ1) is 8.56. The smallest absolute Gasteiger partial charge is 0.337 e. The van der Waals surface area contributed by atoms with Gasteiger partial charge in [-0.05, 0) is 25.2 Å². The van der Waals surface area contributed by atoms with Gasteiger partial charge in [-0.15, -0.1) is 0 Å². The van der Waals surface area contributed by atoms with Gasteiger partial charge in [0.25, 0.3) is 0 Å². The number of nitrogens with zero attached hydrogens (tertiary/aromatic N) is 2. The number of piperazine rings is 1. The number of nitrogen functional groups attached to an aromatic ring is 1. The van der Waals surface area contributed by atoms with Crippen LogP contribution in [0.1, 0.15) is 10.4 Å². The fourth-order valence-corrected chi connectivity index (χ4v) is 1.91. The summed E-state index contributed by atoms with van der Waals surface area (Å²) < 4.78 is 0. The maximum absolute atomic E-state index is 11.0. The average Bonchev–Trinajstić information content (AvgIpc) is 2.34. The molecule has 0 radical (unpaired) electrons. The number of hydrogen-bond acceptors (Lipinski definition) is 5. The number of nitrogens with two attached hydrogens (primary N) is 1. The van der Waals surface area contributed by atoms with Gasteiger partial charge < -0.3 is 21.2 Å². The van der Waals surface area contributed by atoms with Crippen molar-refractivity contribution < 1.29 is 9.90 Å². The van der Waals surface area contributed by atoms with Gasteiger partial charge in [0.2, 0.25) is 0 Å². The highest BCUT2D eigenvalue weighted by Gasteiger charge is 2.14. The Morgan fingerprint density at radius 3 is 2.61 bits per heavy atom. The molecule has 1 aliphatic heterocycles. The van der Waals surface area contributed by atoms with Gasteiger partial charge in [0, 0.05) is 37.6 Å². The molecule has 0 unspecified atom stereocenters. The molecular formula is C12H18N4O2. The number of nitrogens with one attached hydrogen (secondary N) is 1. The molecule has 0 bridgehead atoms. The van der Waals surface area contributed by atoms with Crippen LogP contribution in [0.2, 0.25) is 0 Å². The lowest BCUT2D eigenvalue weighted by atomic mass is 10.1. The molecule has 1 aliphatic rings. The summed E-state index contributed by atoms with van der Waals surface area (Å²) in [5.41, 5.74) is 10.00. The Balaban J connectivity index is 2.05. The highest BCUT2D eigenvalue weighted by Crippen LogP contribution is 2.18. The van der Waals surface area contributed by atoms with Crippen molar-refractivity contribution in [1.29, 1.82) is 0 Å². The van der Waals surface area contributed by atoms with E-state index in [0.717, 1.165) is 31.9 Å². The van der Waals surface area contributed by atoms with E-state index >= 15 is 0 Å². The Labute approximate surface area is 106 Å². The first-order valence-corrected chi connectivity index (χ1v) is 5.89. The predicted molar refractivity (Wildman–Crippen MR) is 70.5 cm³/mol. The molecule has 1 aromatic rings. The van der Waals surface area contributed by atoms with E-state index < -0.39 is 5.97 Å². The minimum absolute atomic E-state index is 0.133. The molecule has 0 aliphatic carbocycles. The maximum Gasteiger partial charge on any atom is 0.337 e. The molecule has 1 aromatic carbocycles. The molecule has 98 valence electrons. The molecule has 0 saturated carbocycles. The lowest BCUT2D eigenvalue weighted by Crippen LogP contribution is -2.46. The second-order valence-electron chi connectivity index (χ2n) is 4.51. The zero-order chi connectivity index (χ0) is 13.1. The highest BCUT2D eigenvalue weighted by molar-refractivity contribution is 5.94. The molecule has 0 spiro atoms. The topological polar surface area (TPSA) is 81.8 Å². The quantitative estimate of drug-likeness (QED) is 0.679. The Kier molecular flexibility index (Phi) is 3.69. The molecule has 1 fully saturated rings. The lowest BCUT2D eigenvalue weighted by molar-refractivity contribution is 0.0698. The number of carboxylic acid groups (broad SMARTS) is 1. The summed E-state index contributed by atoms with van der Waals surface area (Å²) in [4.78, 5) is 13.2. The third-order valence-electron chi connectivity index (χ3n) is 3.07. The maximum atomic E-state index is 11.0. The Morgan fingerprint density at radius 2 is 2.00 bits per heavy atom. The van der Waals surface area contributed by atoms with Crippen LogP contribution in [0.3, 0.4) is 0 Å². The Morgan fingerprint density at radius 1 is 1.33 bits per heavy atom. The molecule has 6 nitrogen and oxygen atoms in total. The van der Waals surface area contributed by atoms with Crippen molar-refractivity contribution in [1.82, 2.24) is 9.91 Å². The molecule has 4 N–H and O–H groups in total. The Hall–Kier alpha value is -1.79. The van der Waals surface area contributed by atoms with Crippen LogP contribution >= 0.6 is 0 Å². The number of carbonyl (C=O) groups is 1. The lowest BCUT2D eigenvalue weighted by Gasteiger charge is -2.33. The minimum Gasteiger partial charge on any atom is -0.478 e. The minimum atomic E-state index is -1.01. The van der Waals surface area contributed by atoms with Gasteiger partial charge in [-0.25, -0.2) is 9.80 Å². The van der Waals surface area contributed by atoms with E-state index in [9.17, 15) is 4.79 Å². The number of hydrazine groups is 1. The van der Waals surface area contributed by atoms with Crippen molar-refractivity contribution in [3.05, 3.63) is 23.8 Å². The van der Waals surface area contributed by atoms with E-state index in [1.165, 1.54) is 0 Å². The first-order valence-electron chi connectivity index (χ1n) is 5.89. The number of benzene rings is 1. The number of likely N-dealkylation sites (N-methyl/N-ethyl adjacent to an activating group) is 1. The summed E-state index contributed by atoms with van der Waals surface area (Å²) >= 11 is 0. The fraction of sp³-hybridized carbons (Fsp3) is 0.417. The number of aromatic carboxylic acids is 1. The molecule has 1 heterocycles. The molecule has 1 saturated heterocycles. The largest absolute Gasteiger partial charge is 0.478 e. The van der Waals surface area contributed by atoms with Crippen molar-refractivity contribution in [3.63, 3.8) is 0 Å². The first kappa shape index (κ1) is 12.7. The summed E-state index contributed by atoms with van der Waals surface area (Å²) in [7, 11) is 2.09. The van der Waals surface area contributed by atoms with Crippen LogP contribution in [0.5, 0.6) is 0 Å². The van der Waals surface area contributed by atoms with Crippen molar-refractivity contribution in [2.45, 2.75) is 0 Å². The van der Waals surface area contributed by atoms with Gasteiger partial charge in [-0.2, -0.15) is 0 Å². The summed E-state index contributed by atoms with van der Waals surface area (Å²) in [6.45, 7) is 3.80. The van der Waals surface area contributed by atoms with Crippen LogP contribution in [-0.4, -0.2) is 54.2 Å². The van der Waals surface area contributed by atoms with Crippen molar-refractivity contribution in [3.8, 4) is 0 Å². The fourth-order valence-electron chi connectivity index (χ4n) is 1.91. The molecule has 0 atom stereocenters. The monoisotopic (exact) mass is 250 g/mol. The van der Waals surface area contributed by atoms with E-state index in [2.05, 4.69) is 22.4 Å². The van der Waals surface area contributed by atoms with E-state index in [0.29, 0.717) is 0 Å². The summed E-state index contributed by atoms with van der Waals surface area (Å²) in [6, 6.07) is 4.97. The number of carboxylic acids is 1. The van der Waals surface area contributed by atoms with Crippen molar-refractivity contribution in [2.24, 2.45) is 0 Å². The molecule has 18 heavy (non-hydrogen) atoms. The third kappa shape index (κ3) is 2.91. The van der Waals surface area contributed by atoms with Gasteiger partial charge in [0.15, 0.2) is 0 Å². The molecule has 0 amide bonds. The standard InChI is InChI=1S/C12H18N4O2/c1-15-4-6-16(7-5-15)14-9-2-3-11(13)10(8-9)12(17)18/h2-3,8,14H,4-7,13H2,1H3,(H,17,18). The number of anilines is 2. The van der Waals surface area contributed by atoms with Crippen molar-refractivity contribution >= 4 is 17.3 Å². The molecule has 6 heteroatoms. The van der Waals surface area contributed by atoms with E-state index in [-0.39, 0.29) is 11.3 Å². The van der Waals surface area contributed by atoms with Crippen molar-refractivity contribution in [2.75, 3.05) is 44.4 Å². The van der Waals surface area contributed by atoms with E-state index in [4.69, 9.17) is 10.8 Å². The van der Waals surface area contributed by atoms with Crippen LogP contribution < -0.4 is 11.2 Å². The van der Waals surface area contributed by atoms with Crippen LogP contribution in [0, 0.1) is 0 Å². The zero-order valence-electron chi connectivity index (χ0n) is 10.4. The normalized spacial score (nSPS) is 17.6. The molecular weight excluding hydrogens is 232 g/mol. The summed E-state index contributed by atoms with van der Waals surface area (Å²) in [6.07, 6.45) is 0. The predicted octanol–water partition coefficient (Wildman–Crippen LogP) is 0.541. The summed E-state index contributed by atoms with van der Waals surface area (Å²) in [5, 5.41) is 11.1. The second-order valence-corrected chi connectivity index (χ2v) is 4.51.